The minimum atomic E-state index is -0.0733. The molecule has 1 aliphatic heterocycles. The quantitative estimate of drug-likeness (QED) is 0.862. The lowest BCUT2D eigenvalue weighted by Crippen LogP contribution is -2.47. The normalized spacial score (nSPS) is 23.4. The fraction of sp³-hybridized carbons (Fsp3) is 0.500. The van der Waals surface area contributed by atoms with E-state index in [1.54, 1.807) is 7.11 Å². The van der Waals surface area contributed by atoms with Crippen molar-refractivity contribution in [2.24, 2.45) is 0 Å². The Labute approximate surface area is 108 Å². The highest BCUT2D eigenvalue weighted by molar-refractivity contribution is 5.94. The molecule has 4 nitrogen and oxygen atoms in total. The molecule has 2 atom stereocenters. The maximum atomic E-state index is 12.1. The van der Waals surface area contributed by atoms with Gasteiger partial charge in [0.2, 0.25) is 5.91 Å². The Morgan fingerprint density at radius 1 is 1.33 bits per heavy atom. The third-order valence-electron chi connectivity index (χ3n) is 3.29. The van der Waals surface area contributed by atoms with Crippen LogP contribution in [0.3, 0.4) is 0 Å². The first-order valence-electron chi connectivity index (χ1n) is 6.40. The van der Waals surface area contributed by atoms with E-state index in [9.17, 15) is 4.79 Å². The second-order valence-corrected chi connectivity index (χ2v) is 4.77. The van der Waals surface area contributed by atoms with E-state index in [1.807, 2.05) is 24.3 Å². The Hall–Kier alpha value is -1.55. The van der Waals surface area contributed by atoms with Gasteiger partial charge in [-0.05, 0) is 50.5 Å². The summed E-state index contributed by atoms with van der Waals surface area (Å²) in [5.74, 6) is 0.837. The van der Waals surface area contributed by atoms with Crippen LogP contribution in [0, 0.1) is 0 Å². The molecule has 2 unspecified atom stereocenters. The molecule has 98 valence electrons. The first-order chi connectivity index (χ1) is 8.69. The largest absolute Gasteiger partial charge is 0.497 e. The highest BCUT2D eigenvalue weighted by Gasteiger charge is 2.23. The highest BCUT2D eigenvalue weighted by Crippen LogP contribution is 2.17. The minimum Gasteiger partial charge on any atom is -0.497 e. The number of nitrogens with one attached hydrogen (secondary N) is 2. The standard InChI is InChI=1S/C14H20N2O2/c1-10-4-3-5-13(15-10)14(17)16-11-6-8-12(18-2)9-7-11/h6-10,13,15H,3-5H2,1-2H3,(H,16,17). The number of carbonyl (C=O) groups excluding carboxylic acids is 1. The summed E-state index contributed by atoms with van der Waals surface area (Å²) in [4.78, 5) is 12.1. The predicted octanol–water partition coefficient (Wildman–Crippen LogP) is 2.16. The molecule has 0 aliphatic carbocycles. The maximum Gasteiger partial charge on any atom is 0.241 e. The Balaban J connectivity index is 1.93. The van der Waals surface area contributed by atoms with Crippen molar-refractivity contribution in [2.75, 3.05) is 12.4 Å². The van der Waals surface area contributed by atoms with Crippen molar-refractivity contribution in [3.63, 3.8) is 0 Å². The number of ether oxygens (including phenoxy) is 1. The van der Waals surface area contributed by atoms with Crippen LogP contribution in [0.4, 0.5) is 5.69 Å². The number of piperidine rings is 1. The summed E-state index contributed by atoms with van der Waals surface area (Å²) in [6.45, 7) is 2.12. The van der Waals surface area contributed by atoms with Gasteiger partial charge in [0.25, 0.3) is 0 Å². The fourth-order valence-corrected chi connectivity index (χ4v) is 2.25. The van der Waals surface area contributed by atoms with Crippen LogP contribution in [-0.2, 0) is 4.79 Å². The van der Waals surface area contributed by atoms with Gasteiger partial charge in [-0.2, -0.15) is 0 Å². The summed E-state index contributed by atoms with van der Waals surface area (Å²) in [5, 5.41) is 6.25. The zero-order valence-electron chi connectivity index (χ0n) is 10.9. The molecule has 0 aromatic heterocycles. The van der Waals surface area contributed by atoms with E-state index in [-0.39, 0.29) is 11.9 Å². The van der Waals surface area contributed by atoms with E-state index < -0.39 is 0 Å². The number of carbonyl (C=O) groups is 1. The van der Waals surface area contributed by atoms with E-state index in [2.05, 4.69) is 17.6 Å². The van der Waals surface area contributed by atoms with Crippen molar-refractivity contribution in [3.8, 4) is 5.75 Å². The van der Waals surface area contributed by atoms with E-state index in [0.29, 0.717) is 6.04 Å². The molecule has 1 aromatic rings. The summed E-state index contributed by atoms with van der Waals surface area (Å²) in [5.41, 5.74) is 0.806. The van der Waals surface area contributed by atoms with E-state index in [1.165, 1.54) is 0 Å². The summed E-state index contributed by atoms with van der Waals surface area (Å²) in [6, 6.07) is 7.73. The second kappa shape index (κ2) is 5.87. The summed E-state index contributed by atoms with van der Waals surface area (Å²) in [6.07, 6.45) is 3.16. The van der Waals surface area contributed by atoms with Crippen LogP contribution in [0.25, 0.3) is 0 Å². The third-order valence-corrected chi connectivity index (χ3v) is 3.29. The van der Waals surface area contributed by atoms with Gasteiger partial charge in [-0.1, -0.05) is 0 Å². The molecule has 1 fully saturated rings. The first-order valence-corrected chi connectivity index (χ1v) is 6.40. The van der Waals surface area contributed by atoms with Crippen molar-refractivity contribution in [1.82, 2.24) is 5.32 Å². The number of amides is 1. The predicted molar refractivity (Wildman–Crippen MR) is 71.9 cm³/mol. The number of hydrogen-bond donors (Lipinski definition) is 2. The lowest BCUT2D eigenvalue weighted by atomic mass is 9.99. The van der Waals surface area contributed by atoms with Gasteiger partial charge < -0.3 is 15.4 Å². The maximum absolute atomic E-state index is 12.1. The minimum absolute atomic E-state index is 0.0479. The van der Waals surface area contributed by atoms with Gasteiger partial charge in [0.15, 0.2) is 0 Å². The van der Waals surface area contributed by atoms with Crippen LogP contribution >= 0.6 is 0 Å². The van der Waals surface area contributed by atoms with Crippen LogP contribution in [0.2, 0.25) is 0 Å². The van der Waals surface area contributed by atoms with Gasteiger partial charge in [0, 0.05) is 11.7 Å². The monoisotopic (exact) mass is 248 g/mol. The summed E-state index contributed by atoms with van der Waals surface area (Å²) in [7, 11) is 1.63. The van der Waals surface area contributed by atoms with Crippen molar-refractivity contribution in [1.29, 1.82) is 0 Å². The van der Waals surface area contributed by atoms with E-state index in [4.69, 9.17) is 4.74 Å². The van der Waals surface area contributed by atoms with E-state index >= 15 is 0 Å². The van der Waals surface area contributed by atoms with Crippen molar-refractivity contribution >= 4 is 11.6 Å². The SMILES string of the molecule is COc1ccc(NC(=O)C2CCCC(C)N2)cc1. The smallest absolute Gasteiger partial charge is 0.241 e. The highest BCUT2D eigenvalue weighted by atomic mass is 16.5. The van der Waals surface area contributed by atoms with E-state index in [0.717, 1.165) is 30.7 Å². The molecule has 4 heteroatoms. The topological polar surface area (TPSA) is 50.4 Å². The Morgan fingerprint density at radius 2 is 2.06 bits per heavy atom. The molecule has 0 bridgehead atoms. The molecule has 2 rings (SSSR count). The molecular weight excluding hydrogens is 228 g/mol. The van der Waals surface area contributed by atoms with Gasteiger partial charge in [0.05, 0.1) is 13.2 Å². The van der Waals surface area contributed by atoms with Crippen LogP contribution in [0.15, 0.2) is 24.3 Å². The molecule has 0 spiro atoms. The van der Waals surface area contributed by atoms with Gasteiger partial charge in [-0.15, -0.1) is 0 Å². The average molecular weight is 248 g/mol. The van der Waals surface area contributed by atoms with Gasteiger partial charge >= 0.3 is 0 Å². The summed E-state index contributed by atoms with van der Waals surface area (Å²) < 4.78 is 5.08. The molecule has 2 N–H and O–H groups in total. The van der Waals surface area contributed by atoms with Crippen LogP contribution < -0.4 is 15.4 Å². The Bertz CT molecular complexity index is 403. The van der Waals surface area contributed by atoms with Crippen molar-refractivity contribution in [3.05, 3.63) is 24.3 Å². The zero-order valence-corrected chi connectivity index (χ0v) is 10.9. The third kappa shape index (κ3) is 3.23. The molecule has 0 radical (unpaired) electrons. The molecule has 1 heterocycles. The van der Waals surface area contributed by atoms with Crippen LogP contribution in [0.5, 0.6) is 5.75 Å². The Kier molecular flexibility index (Phi) is 4.20. The molecule has 1 aliphatic rings. The fourth-order valence-electron chi connectivity index (χ4n) is 2.25. The van der Waals surface area contributed by atoms with Gasteiger partial charge in [-0.3, -0.25) is 4.79 Å². The number of hydrogen-bond acceptors (Lipinski definition) is 3. The number of rotatable bonds is 3. The lowest BCUT2D eigenvalue weighted by Gasteiger charge is -2.27. The van der Waals surface area contributed by atoms with Crippen molar-refractivity contribution in [2.45, 2.75) is 38.3 Å². The summed E-state index contributed by atoms with van der Waals surface area (Å²) >= 11 is 0. The van der Waals surface area contributed by atoms with Gasteiger partial charge in [0.1, 0.15) is 5.75 Å². The number of methoxy groups -OCH3 is 1. The molecule has 0 saturated carbocycles. The number of benzene rings is 1. The van der Waals surface area contributed by atoms with Gasteiger partial charge in [-0.25, -0.2) is 0 Å². The Morgan fingerprint density at radius 3 is 2.67 bits per heavy atom. The zero-order chi connectivity index (χ0) is 13.0. The second-order valence-electron chi connectivity index (χ2n) is 4.77. The average Bonchev–Trinajstić information content (AvgIpc) is 2.39. The van der Waals surface area contributed by atoms with Crippen LogP contribution in [0.1, 0.15) is 26.2 Å². The van der Waals surface area contributed by atoms with Crippen LogP contribution in [-0.4, -0.2) is 25.1 Å². The molecular formula is C14H20N2O2. The molecule has 1 saturated heterocycles. The number of anilines is 1. The molecule has 1 amide bonds. The first kappa shape index (κ1) is 12.9. The molecule has 1 aromatic carbocycles. The molecule has 18 heavy (non-hydrogen) atoms. The van der Waals surface area contributed by atoms with Crippen molar-refractivity contribution < 1.29 is 9.53 Å². The lowest BCUT2D eigenvalue weighted by molar-refractivity contribution is -0.118.